The monoisotopic (exact) mass is 131 g/mol. The molecule has 0 saturated carbocycles. The second kappa shape index (κ2) is 2.22. The molecule has 0 aliphatic heterocycles. The molecule has 0 aliphatic carbocycles. The maximum absolute atomic E-state index is 11.7. The van der Waals surface area contributed by atoms with Crippen LogP contribution in [-0.2, 0) is 6.67 Å². The first kappa shape index (κ1) is 5.69. The fraction of sp³-hybridized carbons (Fsp3) is 0.400. The van der Waals surface area contributed by atoms with Crippen LogP contribution in [0.25, 0.3) is 0 Å². The van der Waals surface area contributed by atoms with Crippen LogP contribution in [0.15, 0.2) is 6.20 Å². The van der Waals surface area contributed by atoms with Crippen molar-refractivity contribution in [2.24, 2.45) is 0 Å². The highest BCUT2D eigenvalue weighted by molar-refractivity contribution is 7.11. The van der Waals surface area contributed by atoms with Gasteiger partial charge in [0, 0.05) is 6.20 Å². The second-order valence-electron chi connectivity index (χ2n) is 1.48. The Hall–Kier alpha value is -0.440. The molecule has 1 nitrogen and oxygen atoms in total. The molecule has 0 amide bonds. The molecule has 1 heterocycles. The molecule has 0 aromatic carbocycles. The zero-order valence-corrected chi connectivity index (χ0v) is 5.33. The van der Waals surface area contributed by atoms with Gasteiger partial charge in [-0.1, -0.05) is 0 Å². The number of nitrogens with zero attached hydrogens (tertiary/aromatic N) is 1. The average Bonchev–Trinajstić information content (AvgIpc) is 2.14. The summed E-state index contributed by atoms with van der Waals surface area (Å²) in [5.41, 5.74) is 0. The first-order valence-electron chi connectivity index (χ1n) is 2.30. The van der Waals surface area contributed by atoms with E-state index in [0.29, 0.717) is 4.88 Å². The van der Waals surface area contributed by atoms with Crippen molar-refractivity contribution in [3.8, 4) is 0 Å². The normalized spacial score (nSPS) is 9.75. The van der Waals surface area contributed by atoms with Crippen molar-refractivity contribution < 1.29 is 4.39 Å². The molecule has 8 heavy (non-hydrogen) atoms. The minimum Gasteiger partial charge on any atom is -0.250 e. The Bertz CT molecular complexity index is 173. The van der Waals surface area contributed by atoms with Gasteiger partial charge in [-0.05, 0) is 6.92 Å². The van der Waals surface area contributed by atoms with Crippen molar-refractivity contribution in [1.29, 1.82) is 0 Å². The third kappa shape index (κ3) is 1.04. The minimum absolute atomic E-state index is 0.383. The molecule has 0 radical (unpaired) electrons. The number of alkyl halides is 1. The van der Waals surface area contributed by atoms with Gasteiger partial charge in [-0.15, -0.1) is 11.3 Å². The third-order valence-corrected chi connectivity index (χ3v) is 1.68. The molecule has 1 rings (SSSR count). The van der Waals surface area contributed by atoms with Gasteiger partial charge in [0.25, 0.3) is 0 Å². The molecule has 0 fully saturated rings. The summed E-state index contributed by atoms with van der Waals surface area (Å²) in [7, 11) is 0. The number of aromatic nitrogens is 1. The zero-order chi connectivity index (χ0) is 5.98. The topological polar surface area (TPSA) is 12.9 Å². The van der Waals surface area contributed by atoms with Gasteiger partial charge < -0.3 is 0 Å². The Morgan fingerprint density at radius 2 is 2.62 bits per heavy atom. The van der Waals surface area contributed by atoms with E-state index in [4.69, 9.17) is 0 Å². The van der Waals surface area contributed by atoms with Crippen LogP contribution in [-0.4, -0.2) is 4.98 Å². The Morgan fingerprint density at radius 1 is 1.88 bits per heavy atom. The highest BCUT2D eigenvalue weighted by Crippen LogP contribution is 2.11. The van der Waals surface area contributed by atoms with Crippen molar-refractivity contribution in [3.05, 3.63) is 16.1 Å². The molecular weight excluding hydrogens is 125 g/mol. The van der Waals surface area contributed by atoms with Crippen LogP contribution in [0.4, 0.5) is 4.39 Å². The van der Waals surface area contributed by atoms with Crippen LogP contribution >= 0.6 is 11.3 Å². The van der Waals surface area contributed by atoms with E-state index < -0.39 is 0 Å². The molecular formula is C5H6FNS. The van der Waals surface area contributed by atoms with Crippen molar-refractivity contribution >= 4 is 11.3 Å². The maximum Gasteiger partial charge on any atom is 0.125 e. The van der Waals surface area contributed by atoms with E-state index in [2.05, 4.69) is 4.98 Å². The first-order chi connectivity index (χ1) is 3.83. The van der Waals surface area contributed by atoms with Gasteiger partial charge in [-0.3, -0.25) is 0 Å². The molecule has 0 unspecified atom stereocenters. The Labute approximate surface area is 51.2 Å². The molecule has 44 valence electrons. The summed E-state index contributed by atoms with van der Waals surface area (Å²) >= 11 is 1.40. The van der Waals surface area contributed by atoms with Gasteiger partial charge in [0.05, 0.1) is 9.88 Å². The quantitative estimate of drug-likeness (QED) is 0.567. The highest BCUT2D eigenvalue weighted by atomic mass is 32.1. The lowest BCUT2D eigenvalue weighted by atomic mass is 10.6. The van der Waals surface area contributed by atoms with E-state index in [-0.39, 0.29) is 6.67 Å². The van der Waals surface area contributed by atoms with Crippen molar-refractivity contribution in [1.82, 2.24) is 4.98 Å². The van der Waals surface area contributed by atoms with E-state index in [0.717, 1.165) is 5.01 Å². The predicted octanol–water partition coefficient (Wildman–Crippen LogP) is 1.92. The molecule has 3 heteroatoms. The summed E-state index contributed by atoms with van der Waals surface area (Å²) < 4.78 is 11.7. The van der Waals surface area contributed by atoms with Gasteiger partial charge in [0.1, 0.15) is 6.67 Å². The second-order valence-corrected chi connectivity index (χ2v) is 2.80. The van der Waals surface area contributed by atoms with Crippen LogP contribution in [0.1, 0.15) is 9.88 Å². The SMILES string of the molecule is Cc1ncc(CF)s1. The van der Waals surface area contributed by atoms with Gasteiger partial charge in [0.2, 0.25) is 0 Å². The average molecular weight is 131 g/mol. The van der Waals surface area contributed by atoms with Gasteiger partial charge in [-0.2, -0.15) is 0 Å². The van der Waals surface area contributed by atoms with E-state index >= 15 is 0 Å². The van der Waals surface area contributed by atoms with Gasteiger partial charge in [0.15, 0.2) is 0 Å². The number of hydrogen-bond donors (Lipinski definition) is 0. The van der Waals surface area contributed by atoms with Crippen LogP contribution in [0, 0.1) is 6.92 Å². The van der Waals surface area contributed by atoms with Crippen LogP contribution in [0.5, 0.6) is 0 Å². The lowest BCUT2D eigenvalue weighted by molar-refractivity contribution is 0.491. The van der Waals surface area contributed by atoms with Crippen LogP contribution in [0.2, 0.25) is 0 Å². The molecule has 1 aromatic rings. The van der Waals surface area contributed by atoms with Crippen LogP contribution in [0.3, 0.4) is 0 Å². The molecule has 1 aromatic heterocycles. The standard InChI is InChI=1S/C5H6FNS/c1-4-7-3-5(2-6)8-4/h3H,2H2,1H3. The fourth-order valence-corrected chi connectivity index (χ4v) is 1.11. The van der Waals surface area contributed by atoms with E-state index in [9.17, 15) is 4.39 Å². The summed E-state index contributed by atoms with van der Waals surface area (Å²) in [5.74, 6) is 0. The lowest BCUT2D eigenvalue weighted by Gasteiger charge is -1.75. The summed E-state index contributed by atoms with van der Waals surface area (Å²) in [6.45, 7) is 1.48. The van der Waals surface area contributed by atoms with Crippen molar-refractivity contribution in [2.75, 3.05) is 0 Å². The molecule has 0 atom stereocenters. The Kier molecular flexibility index (Phi) is 1.58. The van der Waals surface area contributed by atoms with E-state index in [1.807, 2.05) is 6.92 Å². The van der Waals surface area contributed by atoms with Crippen molar-refractivity contribution in [3.63, 3.8) is 0 Å². The number of rotatable bonds is 1. The number of thiazole rings is 1. The molecule has 0 N–H and O–H groups in total. The Morgan fingerprint density at radius 3 is 2.88 bits per heavy atom. The summed E-state index contributed by atoms with van der Waals surface area (Å²) in [5, 5.41) is 0.928. The first-order valence-corrected chi connectivity index (χ1v) is 3.12. The van der Waals surface area contributed by atoms with Crippen molar-refractivity contribution in [2.45, 2.75) is 13.6 Å². The number of aryl methyl sites for hydroxylation is 1. The summed E-state index contributed by atoms with van der Waals surface area (Å²) in [4.78, 5) is 4.58. The molecule has 0 bridgehead atoms. The maximum atomic E-state index is 11.7. The minimum atomic E-state index is -0.383. The molecule has 0 saturated heterocycles. The summed E-state index contributed by atoms with van der Waals surface area (Å²) in [6.07, 6.45) is 1.57. The third-order valence-electron chi connectivity index (χ3n) is 0.801. The molecule has 0 spiro atoms. The molecule has 0 aliphatic rings. The number of halogens is 1. The lowest BCUT2D eigenvalue weighted by Crippen LogP contribution is -1.62. The zero-order valence-electron chi connectivity index (χ0n) is 4.52. The van der Waals surface area contributed by atoms with E-state index in [1.165, 1.54) is 11.3 Å². The fourth-order valence-electron chi connectivity index (χ4n) is 0.467. The van der Waals surface area contributed by atoms with Gasteiger partial charge in [-0.25, -0.2) is 9.37 Å². The number of hydrogen-bond acceptors (Lipinski definition) is 2. The Balaban J connectivity index is 2.84. The highest BCUT2D eigenvalue weighted by Gasteiger charge is 1.93. The largest absolute Gasteiger partial charge is 0.250 e. The van der Waals surface area contributed by atoms with Gasteiger partial charge >= 0.3 is 0 Å². The predicted molar refractivity (Wildman–Crippen MR) is 31.7 cm³/mol. The van der Waals surface area contributed by atoms with Crippen LogP contribution < -0.4 is 0 Å². The van der Waals surface area contributed by atoms with E-state index in [1.54, 1.807) is 6.20 Å². The smallest absolute Gasteiger partial charge is 0.125 e. The summed E-state index contributed by atoms with van der Waals surface area (Å²) in [6, 6.07) is 0.